The van der Waals surface area contributed by atoms with Crippen LogP contribution >= 0.6 is 0 Å². The molecule has 2 heterocycles. The molecule has 3 rings (SSSR count). The Balaban J connectivity index is 1.64. The summed E-state index contributed by atoms with van der Waals surface area (Å²) in [5, 5.41) is 2.83. The summed E-state index contributed by atoms with van der Waals surface area (Å²) < 4.78 is 5.50. The van der Waals surface area contributed by atoms with Crippen molar-refractivity contribution in [2.45, 2.75) is 25.4 Å². The van der Waals surface area contributed by atoms with E-state index in [2.05, 4.69) is 5.32 Å². The molecule has 3 amide bonds. The molecule has 116 valence electrons. The third-order valence-electron chi connectivity index (χ3n) is 4.13. The molecule has 1 fully saturated rings. The number of ether oxygens (including phenoxy) is 1. The Kier molecular flexibility index (Phi) is 3.94. The number of amides is 3. The highest BCUT2D eigenvalue weighted by molar-refractivity contribution is 6.21. The maximum atomic E-state index is 12.1. The zero-order valence-electron chi connectivity index (χ0n) is 12.4. The number of carbonyl (C=O) groups is 3. The van der Waals surface area contributed by atoms with Crippen LogP contribution in [-0.2, 0) is 4.74 Å². The zero-order valence-corrected chi connectivity index (χ0v) is 12.4. The van der Waals surface area contributed by atoms with Crippen molar-refractivity contribution in [3.63, 3.8) is 0 Å². The quantitative estimate of drug-likeness (QED) is 0.848. The lowest BCUT2D eigenvalue weighted by molar-refractivity contribution is 0.0692. The first-order valence-corrected chi connectivity index (χ1v) is 7.44. The number of fused-ring (bicyclic) bond motifs is 1. The molecule has 1 aromatic rings. The molecule has 0 bridgehead atoms. The summed E-state index contributed by atoms with van der Waals surface area (Å²) in [6.07, 6.45) is 3.13. The molecule has 6 heteroatoms. The van der Waals surface area contributed by atoms with Crippen molar-refractivity contribution in [3.8, 4) is 0 Å². The lowest BCUT2D eigenvalue weighted by Crippen LogP contribution is -2.27. The SMILES string of the molecule is CN1C(=O)c2ccc(C(=O)NCC[C@H]3CCCO3)cc2C1=O. The Bertz CT molecular complexity index is 635. The van der Waals surface area contributed by atoms with Crippen LogP contribution in [0.3, 0.4) is 0 Å². The first kappa shape index (κ1) is 14.7. The molecule has 2 aliphatic heterocycles. The highest BCUT2D eigenvalue weighted by atomic mass is 16.5. The maximum absolute atomic E-state index is 12.1. The second-order valence-electron chi connectivity index (χ2n) is 5.61. The van der Waals surface area contributed by atoms with E-state index in [-0.39, 0.29) is 23.8 Å². The summed E-state index contributed by atoms with van der Waals surface area (Å²) >= 11 is 0. The first-order valence-electron chi connectivity index (χ1n) is 7.44. The van der Waals surface area contributed by atoms with Gasteiger partial charge >= 0.3 is 0 Å². The van der Waals surface area contributed by atoms with Crippen molar-refractivity contribution in [2.24, 2.45) is 0 Å². The third kappa shape index (κ3) is 2.62. The van der Waals surface area contributed by atoms with Crippen LogP contribution in [0.25, 0.3) is 0 Å². The molecule has 0 aromatic heterocycles. The summed E-state index contributed by atoms with van der Waals surface area (Å²) in [6, 6.07) is 4.60. The van der Waals surface area contributed by atoms with Gasteiger partial charge in [0, 0.05) is 25.8 Å². The number of imide groups is 1. The van der Waals surface area contributed by atoms with Gasteiger partial charge in [-0.05, 0) is 37.5 Å². The second kappa shape index (κ2) is 5.88. The number of nitrogens with zero attached hydrogens (tertiary/aromatic N) is 1. The largest absolute Gasteiger partial charge is 0.378 e. The zero-order chi connectivity index (χ0) is 15.7. The Morgan fingerprint density at radius 2 is 2.09 bits per heavy atom. The topological polar surface area (TPSA) is 75.7 Å². The van der Waals surface area contributed by atoms with Crippen LogP contribution in [0.2, 0.25) is 0 Å². The monoisotopic (exact) mass is 302 g/mol. The summed E-state index contributed by atoms with van der Waals surface area (Å²) in [4.78, 5) is 36.9. The van der Waals surface area contributed by atoms with Crippen molar-refractivity contribution >= 4 is 17.7 Å². The average molecular weight is 302 g/mol. The predicted octanol–water partition coefficient (Wildman–Crippen LogP) is 1.21. The maximum Gasteiger partial charge on any atom is 0.261 e. The summed E-state index contributed by atoms with van der Waals surface area (Å²) in [7, 11) is 1.44. The van der Waals surface area contributed by atoms with Crippen LogP contribution in [0.15, 0.2) is 18.2 Å². The molecule has 22 heavy (non-hydrogen) atoms. The standard InChI is InChI=1S/C16H18N2O4/c1-18-15(20)12-5-4-10(9-13(12)16(18)21)14(19)17-7-6-11-3-2-8-22-11/h4-5,9,11H,2-3,6-8H2,1H3,(H,17,19)/t11-/m1/s1. The van der Waals surface area contributed by atoms with Gasteiger partial charge in [-0.2, -0.15) is 0 Å². The van der Waals surface area contributed by atoms with Gasteiger partial charge in [-0.3, -0.25) is 19.3 Å². The smallest absolute Gasteiger partial charge is 0.261 e. The molecule has 0 unspecified atom stereocenters. The van der Waals surface area contributed by atoms with E-state index in [1.165, 1.54) is 19.2 Å². The van der Waals surface area contributed by atoms with Crippen LogP contribution in [0, 0.1) is 0 Å². The van der Waals surface area contributed by atoms with Crippen molar-refractivity contribution in [1.82, 2.24) is 10.2 Å². The average Bonchev–Trinajstić information content (AvgIpc) is 3.11. The van der Waals surface area contributed by atoms with Gasteiger partial charge in [0.15, 0.2) is 0 Å². The molecule has 1 aromatic carbocycles. The van der Waals surface area contributed by atoms with E-state index in [0.29, 0.717) is 23.2 Å². The fraction of sp³-hybridized carbons (Fsp3) is 0.438. The lowest BCUT2D eigenvalue weighted by atomic mass is 10.1. The molecule has 1 N–H and O–H groups in total. The van der Waals surface area contributed by atoms with Crippen molar-refractivity contribution in [2.75, 3.05) is 20.2 Å². The summed E-state index contributed by atoms with van der Waals surface area (Å²) in [5.74, 6) is -0.935. The van der Waals surface area contributed by atoms with Gasteiger partial charge in [0.1, 0.15) is 0 Å². The van der Waals surface area contributed by atoms with Crippen molar-refractivity contribution in [1.29, 1.82) is 0 Å². The van der Waals surface area contributed by atoms with Crippen LogP contribution in [0.1, 0.15) is 50.3 Å². The minimum absolute atomic E-state index is 0.230. The second-order valence-corrected chi connectivity index (χ2v) is 5.61. The van der Waals surface area contributed by atoms with Gasteiger partial charge in [-0.25, -0.2) is 0 Å². The first-order chi connectivity index (χ1) is 10.6. The molecule has 0 spiro atoms. The number of hydrogen-bond donors (Lipinski definition) is 1. The Hall–Kier alpha value is -2.21. The molecule has 6 nitrogen and oxygen atoms in total. The minimum atomic E-state index is -0.367. The Morgan fingerprint density at radius 1 is 1.32 bits per heavy atom. The van der Waals surface area contributed by atoms with E-state index in [1.54, 1.807) is 6.07 Å². The van der Waals surface area contributed by atoms with E-state index >= 15 is 0 Å². The fourth-order valence-corrected chi connectivity index (χ4v) is 2.82. The van der Waals surface area contributed by atoms with E-state index in [9.17, 15) is 14.4 Å². The molecule has 1 saturated heterocycles. The number of nitrogens with one attached hydrogen (secondary N) is 1. The van der Waals surface area contributed by atoms with Crippen LogP contribution in [-0.4, -0.2) is 48.9 Å². The number of rotatable bonds is 4. The molecule has 1 atom stereocenters. The number of carbonyl (C=O) groups excluding carboxylic acids is 3. The molecule has 0 saturated carbocycles. The van der Waals surface area contributed by atoms with E-state index < -0.39 is 0 Å². The minimum Gasteiger partial charge on any atom is -0.378 e. The van der Waals surface area contributed by atoms with Gasteiger partial charge in [0.05, 0.1) is 17.2 Å². The molecule has 0 radical (unpaired) electrons. The van der Waals surface area contributed by atoms with Crippen molar-refractivity contribution < 1.29 is 19.1 Å². The molecular formula is C16H18N2O4. The fourth-order valence-electron chi connectivity index (χ4n) is 2.82. The Morgan fingerprint density at radius 3 is 2.82 bits per heavy atom. The van der Waals surface area contributed by atoms with Crippen LogP contribution in [0.4, 0.5) is 0 Å². The molecule has 0 aliphatic carbocycles. The highest BCUT2D eigenvalue weighted by Gasteiger charge is 2.33. The normalized spacial score (nSPS) is 20.4. The van der Waals surface area contributed by atoms with Gasteiger partial charge in [-0.1, -0.05) is 0 Å². The number of benzene rings is 1. The lowest BCUT2D eigenvalue weighted by Gasteiger charge is -2.10. The summed E-state index contributed by atoms with van der Waals surface area (Å²) in [5.41, 5.74) is 1.03. The predicted molar refractivity (Wildman–Crippen MR) is 78.8 cm³/mol. The third-order valence-corrected chi connectivity index (χ3v) is 4.13. The van der Waals surface area contributed by atoms with Gasteiger partial charge in [0.25, 0.3) is 17.7 Å². The van der Waals surface area contributed by atoms with Gasteiger partial charge in [-0.15, -0.1) is 0 Å². The van der Waals surface area contributed by atoms with Crippen molar-refractivity contribution in [3.05, 3.63) is 34.9 Å². The van der Waals surface area contributed by atoms with Crippen LogP contribution < -0.4 is 5.32 Å². The van der Waals surface area contributed by atoms with E-state index in [4.69, 9.17) is 4.74 Å². The molecule has 2 aliphatic rings. The van der Waals surface area contributed by atoms with Gasteiger partial charge < -0.3 is 10.1 Å². The highest BCUT2D eigenvalue weighted by Crippen LogP contribution is 2.22. The van der Waals surface area contributed by atoms with Crippen LogP contribution in [0.5, 0.6) is 0 Å². The molecular weight excluding hydrogens is 284 g/mol. The Labute approximate surface area is 128 Å². The summed E-state index contributed by atoms with van der Waals surface area (Å²) in [6.45, 7) is 1.33. The van der Waals surface area contributed by atoms with E-state index in [0.717, 1.165) is 30.8 Å². The van der Waals surface area contributed by atoms with E-state index in [1.807, 2.05) is 0 Å². The van der Waals surface area contributed by atoms with Gasteiger partial charge in [0.2, 0.25) is 0 Å². The number of hydrogen-bond acceptors (Lipinski definition) is 4.